The highest BCUT2D eigenvalue weighted by molar-refractivity contribution is 9.10. The molecule has 4 nitrogen and oxygen atoms in total. The Hall–Kier alpha value is -1.88. The smallest absolute Gasteiger partial charge is 0.247 e. The predicted octanol–water partition coefficient (Wildman–Crippen LogP) is 3.54. The molecule has 0 fully saturated rings. The normalized spacial score (nSPS) is 10.8. The van der Waals surface area contributed by atoms with Gasteiger partial charge in [-0.25, -0.2) is 4.52 Å². The number of aromatic nitrogens is 3. The molecule has 0 radical (unpaired) electrons. The van der Waals surface area contributed by atoms with Crippen molar-refractivity contribution in [2.24, 2.45) is 0 Å². The van der Waals surface area contributed by atoms with E-state index in [2.05, 4.69) is 43.5 Å². The minimum atomic E-state index is 0.596. The van der Waals surface area contributed by atoms with Crippen molar-refractivity contribution in [3.63, 3.8) is 0 Å². The first-order chi connectivity index (χ1) is 8.70. The van der Waals surface area contributed by atoms with Crippen LogP contribution in [0.5, 0.6) is 0 Å². The zero-order valence-electron chi connectivity index (χ0n) is 9.76. The van der Waals surface area contributed by atoms with Crippen molar-refractivity contribution in [1.82, 2.24) is 14.6 Å². The number of benzene rings is 1. The summed E-state index contributed by atoms with van der Waals surface area (Å²) < 4.78 is 2.78. The summed E-state index contributed by atoms with van der Waals surface area (Å²) in [4.78, 5) is 4.39. The Kier molecular flexibility index (Phi) is 2.76. The highest BCUT2D eigenvalue weighted by Gasteiger charge is 2.03. The summed E-state index contributed by atoms with van der Waals surface area (Å²) in [6.07, 6.45) is 1.87. The van der Waals surface area contributed by atoms with Crippen LogP contribution in [0.1, 0.15) is 5.56 Å². The van der Waals surface area contributed by atoms with E-state index in [1.54, 1.807) is 4.52 Å². The average molecular weight is 303 g/mol. The number of nitrogens with one attached hydrogen (secondary N) is 1. The molecule has 0 aliphatic heterocycles. The van der Waals surface area contributed by atoms with E-state index in [9.17, 15) is 0 Å². The third kappa shape index (κ3) is 2.22. The van der Waals surface area contributed by atoms with Crippen LogP contribution in [0.25, 0.3) is 5.65 Å². The van der Waals surface area contributed by atoms with Gasteiger partial charge in [0.05, 0.1) is 0 Å². The van der Waals surface area contributed by atoms with Crippen LogP contribution in [-0.4, -0.2) is 14.6 Å². The molecule has 3 aromatic rings. The topological polar surface area (TPSA) is 42.2 Å². The number of halogens is 1. The molecule has 1 aromatic carbocycles. The monoisotopic (exact) mass is 302 g/mol. The number of anilines is 2. The second kappa shape index (κ2) is 4.42. The SMILES string of the molecule is Cc1cc(Br)cc(Nc2nc3ccccn3n2)c1. The van der Waals surface area contributed by atoms with Gasteiger partial charge in [-0.15, -0.1) is 5.10 Å². The first kappa shape index (κ1) is 11.2. The standard InChI is InChI=1S/C13H11BrN4/c1-9-6-10(14)8-11(7-9)15-13-16-12-4-2-3-5-18(12)17-13/h2-8H,1H3,(H,15,17). The van der Waals surface area contributed by atoms with Gasteiger partial charge in [-0.05, 0) is 42.8 Å². The van der Waals surface area contributed by atoms with Gasteiger partial charge in [0, 0.05) is 16.4 Å². The van der Waals surface area contributed by atoms with Crippen molar-refractivity contribution >= 4 is 33.2 Å². The summed E-state index contributed by atoms with van der Waals surface area (Å²) in [5.41, 5.74) is 2.97. The third-order valence-corrected chi connectivity index (χ3v) is 3.00. The molecule has 0 spiro atoms. The van der Waals surface area contributed by atoms with Crippen molar-refractivity contribution in [2.45, 2.75) is 6.92 Å². The molecule has 3 rings (SSSR count). The fourth-order valence-electron chi connectivity index (χ4n) is 1.82. The van der Waals surface area contributed by atoms with Crippen LogP contribution in [0.4, 0.5) is 11.6 Å². The van der Waals surface area contributed by atoms with E-state index in [1.165, 1.54) is 5.56 Å². The lowest BCUT2D eigenvalue weighted by Gasteiger charge is -2.03. The van der Waals surface area contributed by atoms with Gasteiger partial charge in [-0.2, -0.15) is 4.98 Å². The summed E-state index contributed by atoms with van der Waals surface area (Å²) in [6, 6.07) is 11.9. The van der Waals surface area contributed by atoms with Crippen molar-refractivity contribution < 1.29 is 0 Å². The second-order valence-electron chi connectivity index (χ2n) is 4.08. The van der Waals surface area contributed by atoms with E-state index < -0.39 is 0 Å². The Morgan fingerprint density at radius 2 is 2.11 bits per heavy atom. The van der Waals surface area contributed by atoms with E-state index in [4.69, 9.17) is 0 Å². The molecule has 90 valence electrons. The van der Waals surface area contributed by atoms with Gasteiger partial charge in [0.2, 0.25) is 5.95 Å². The molecule has 18 heavy (non-hydrogen) atoms. The van der Waals surface area contributed by atoms with Crippen LogP contribution in [0.3, 0.4) is 0 Å². The number of pyridine rings is 1. The van der Waals surface area contributed by atoms with Crippen molar-refractivity contribution in [3.8, 4) is 0 Å². The third-order valence-electron chi connectivity index (χ3n) is 2.54. The highest BCUT2D eigenvalue weighted by Crippen LogP contribution is 2.21. The van der Waals surface area contributed by atoms with Crippen LogP contribution >= 0.6 is 15.9 Å². The number of fused-ring (bicyclic) bond motifs is 1. The van der Waals surface area contributed by atoms with Crippen LogP contribution < -0.4 is 5.32 Å². The maximum atomic E-state index is 4.39. The molecule has 2 aromatic heterocycles. The van der Waals surface area contributed by atoms with E-state index in [0.717, 1.165) is 15.8 Å². The largest absolute Gasteiger partial charge is 0.323 e. The Balaban J connectivity index is 1.96. The zero-order chi connectivity index (χ0) is 12.5. The van der Waals surface area contributed by atoms with E-state index in [0.29, 0.717) is 5.95 Å². The van der Waals surface area contributed by atoms with Crippen LogP contribution in [0.15, 0.2) is 47.1 Å². The fourth-order valence-corrected chi connectivity index (χ4v) is 2.43. The number of aryl methyl sites for hydroxylation is 1. The van der Waals surface area contributed by atoms with Crippen molar-refractivity contribution in [1.29, 1.82) is 0 Å². The first-order valence-corrected chi connectivity index (χ1v) is 6.36. The van der Waals surface area contributed by atoms with Gasteiger partial charge in [0.15, 0.2) is 5.65 Å². The zero-order valence-corrected chi connectivity index (χ0v) is 11.3. The maximum Gasteiger partial charge on any atom is 0.247 e. The number of nitrogens with zero attached hydrogens (tertiary/aromatic N) is 3. The number of rotatable bonds is 2. The average Bonchev–Trinajstić information content (AvgIpc) is 2.69. The van der Waals surface area contributed by atoms with Crippen LogP contribution in [0, 0.1) is 6.92 Å². The van der Waals surface area contributed by atoms with Gasteiger partial charge in [-0.3, -0.25) is 0 Å². The van der Waals surface area contributed by atoms with Gasteiger partial charge in [0.1, 0.15) is 0 Å². The van der Waals surface area contributed by atoms with Gasteiger partial charge >= 0.3 is 0 Å². The second-order valence-corrected chi connectivity index (χ2v) is 5.00. The lowest BCUT2D eigenvalue weighted by Crippen LogP contribution is -1.93. The molecular formula is C13H11BrN4. The predicted molar refractivity (Wildman–Crippen MR) is 75.1 cm³/mol. The molecule has 2 heterocycles. The molecule has 1 N–H and O–H groups in total. The lowest BCUT2D eigenvalue weighted by atomic mass is 10.2. The Bertz CT molecular complexity index is 652. The van der Waals surface area contributed by atoms with Gasteiger partial charge < -0.3 is 5.32 Å². The first-order valence-electron chi connectivity index (χ1n) is 5.56. The summed E-state index contributed by atoms with van der Waals surface area (Å²) in [5.74, 6) is 0.596. The molecule has 0 atom stereocenters. The molecule has 0 saturated carbocycles. The summed E-state index contributed by atoms with van der Waals surface area (Å²) in [7, 11) is 0. The van der Waals surface area contributed by atoms with Crippen molar-refractivity contribution in [3.05, 3.63) is 52.6 Å². The Labute approximate surface area is 113 Å². The molecule has 0 saturated heterocycles. The molecule has 0 bridgehead atoms. The summed E-state index contributed by atoms with van der Waals surface area (Å²) >= 11 is 3.47. The van der Waals surface area contributed by atoms with Crippen molar-refractivity contribution in [2.75, 3.05) is 5.32 Å². The van der Waals surface area contributed by atoms with Crippen LogP contribution in [0.2, 0.25) is 0 Å². The maximum absolute atomic E-state index is 4.39. The van der Waals surface area contributed by atoms with E-state index in [-0.39, 0.29) is 0 Å². The number of hydrogen-bond donors (Lipinski definition) is 1. The molecular weight excluding hydrogens is 292 g/mol. The summed E-state index contributed by atoms with van der Waals surface area (Å²) in [6.45, 7) is 2.05. The highest BCUT2D eigenvalue weighted by atomic mass is 79.9. The number of hydrogen-bond acceptors (Lipinski definition) is 3. The molecule has 0 unspecified atom stereocenters. The van der Waals surface area contributed by atoms with E-state index in [1.807, 2.05) is 37.4 Å². The minimum absolute atomic E-state index is 0.596. The molecule has 0 aliphatic rings. The molecule has 0 amide bonds. The lowest BCUT2D eigenvalue weighted by molar-refractivity contribution is 0.965. The molecule has 0 aliphatic carbocycles. The quantitative estimate of drug-likeness (QED) is 0.787. The van der Waals surface area contributed by atoms with Gasteiger partial charge in [0.25, 0.3) is 0 Å². The van der Waals surface area contributed by atoms with Crippen LogP contribution in [-0.2, 0) is 0 Å². The van der Waals surface area contributed by atoms with E-state index >= 15 is 0 Å². The van der Waals surface area contributed by atoms with Gasteiger partial charge in [-0.1, -0.05) is 22.0 Å². The Morgan fingerprint density at radius 3 is 2.89 bits per heavy atom. The summed E-state index contributed by atoms with van der Waals surface area (Å²) in [5, 5.41) is 7.55. The fraction of sp³-hybridized carbons (Fsp3) is 0.0769. The minimum Gasteiger partial charge on any atom is -0.323 e. The Morgan fingerprint density at radius 1 is 1.22 bits per heavy atom. The molecule has 5 heteroatoms.